The van der Waals surface area contributed by atoms with E-state index in [4.69, 9.17) is 56.2 Å². The summed E-state index contributed by atoms with van der Waals surface area (Å²) >= 11 is 19.4. The minimum absolute atomic E-state index is 0.0549. The average molecular weight is 561 g/mol. The fourth-order valence-electron chi connectivity index (χ4n) is 4.33. The molecule has 37 heavy (non-hydrogen) atoms. The minimum atomic E-state index is -0.932. The van der Waals surface area contributed by atoms with Gasteiger partial charge in [-0.2, -0.15) is 0 Å². The summed E-state index contributed by atoms with van der Waals surface area (Å²) in [5, 5.41) is 12.1. The van der Waals surface area contributed by atoms with Crippen LogP contribution in [-0.2, 0) is 0 Å². The van der Waals surface area contributed by atoms with E-state index in [2.05, 4.69) is 0 Å². The van der Waals surface area contributed by atoms with Gasteiger partial charge in [0.2, 0.25) is 0 Å². The average Bonchev–Trinajstić information content (AvgIpc) is 3.64. The number of carbonyl (C=O) groups is 1. The fourth-order valence-corrected chi connectivity index (χ4v) is 5.24. The van der Waals surface area contributed by atoms with Gasteiger partial charge >= 0.3 is 5.97 Å². The topological polar surface area (TPSA) is 102 Å². The Labute approximate surface area is 231 Å². The molecule has 6 nitrogen and oxygen atoms in total. The van der Waals surface area contributed by atoms with Crippen LogP contribution in [0.1, 0.15) is 59.2 Å². The van der Waals surface area contributed by atoms with Crippen LogP contribution in [0.5, 0.6) is 5.75 Å². The van der Waals surface area contributed by atoms with Gasteiger partial charge in [-0.3, -0.25) is 0 Å². The molecule has 0 amide bonds. The number of hydrazine groups is 1. The lowest BCUT2D eigenvalue weighted by Crippen LogP contribution is -2.40. The molecule has 0 heterocycles. The molecule has 0 aromatic heterocycles. The standard InChI is InChI=1S/C28H28Cl3N3O3/c1-15(2)34(33)25(27(32)26-22(29)4-3-5-23(26)30)14-37-18-10-11-19(24(31)12-18)21-13-20(21)16-6-8-17(9-7-16)28(35)36/h3-12,15,20-21H,13-14,32-33H2,1-2H3,(H,35,36)/b27-25-. The molecule has 194 valence electrons. The molecule has 2 atom stereocenters. The molecule has 9 heteroatoms. The quantitative estimate of drug-likeness (QED) is 0.194. The second-order valence-corrected chi connectivity index (χ2v) is 10.5. The molecule has 0 bridgehead atoms. The van der Waals surface area contributed by atoms with Crippen molar-refractivity contribution >= 4 is 46.5 Å². The highest BCUT2D eigenvalue weighted by Crippen LogP contribution is 2.56. The van der Waals surface area contributed by atoms with E-state index in [1.165, 1.54) is 5.01 Å². The summed E-state index contributed by atoms with van der Waals surface area (Å²) in [5.74, 6) is 6.55. The van der Waals surface area contributed by atoms with Crippen LogP contribution >= 0.6 is 34.8 Å². The first kappa shape index (κ1) is 27.1. The zero-order valence-corrected chi connectivity index (χ0v) is 22.7. The van der Waals surface area contributed by atoms with Crippen molar-refractivity contribution in [1.82, 2.24) is 5.01 Å². The molecule has 0 aliphatic heterocycles. The molecule has 4 rings (SSSR count). The molecule has 2 unspecified atom stereocenters. The van der Waals surface area contributed by atoms with Crippen molar-refractivity contribution in [2.45, 2.75) is 38.1 Å². The maximum atomic E-state index is 11.1. The van der Waals surface area contributed by atoms with Gasteiger partial charge in [0.1, 0.15) is 12.4 Å². The Bertz CT molecular complexity index is 1320. The lowest BCUT2D eigenvalue weighted by Gasteiger charge is -2.28. The predicted octanol–water partition coefficient (Wildman–Crippen LogP) is 6.91. The van der Waals surface area contributed by atoms with Gasteiger partial charge in [0.25, 0.3) is 0 Å². The summed E-state index contributed by atoms with van der Waals surface area (Å²) in [7, 11) is 0. The Morgan fingerprint density at radius 2 is 1.68 bits per heavy atom. The number of carboxylic acid groups (broad SMARTS) is 1. The molecule has 1 aliphatic carbocycles. The van der Waals surface area contributed by atoms with Crippen LogP contribution in [-0.4, -0.2) is 28.7 Å². The van der Waals surface area contributed by atoms with Gasteiger partial charge in [-0.15, -0.1) is 0 Å². The first-order valence-corrected chi connectivity index (χ1v) is 12.9. The molecule has 5 N–H and O–H groups in total. The Hall–Kier alpha value is -2.90. The number of ether oxygens (including phenoxy) is 1. The number of benzene rings is 3. The Kier molecular flexibility index (Phi) is 8.24. The van der Waals surface area contributed by atoms with E-state index in [-0.39, 0.29) is 24.1 Å². The number of hydrogen-bond acceptors (Lipinski definition) is 5. The van der Waals surface area contributed by atoms with E-state index in [0.29, 0.717) is 43.7 Å². The zero-order valence-electron chi connectivity index (χ0n) is 20.4. The van der Waals surface area contributed by atoms with Crippen LogP contribution in [0.25, 0.3) is 5.70 Å². The Morgan fingerprint density at radius 1 is 1.03 bits per heavy atom. The lowest BCUT2D eigenvalue weighted by molar-refractivity contribution is 0.0697. The van der Waals surface area contributed by atoms with Crippen molar-refractivity contribution in [2.75, 3.05) is 6.61 Å². The third-order valence-electron chi connectivity index (χ3n) is 6.53. The fraction of sp³-hybridized carbons (Fsp3) is 0.250. The number of carboxylic acids is 1. The van der Waals surface area contributed by atoms with Gasteiger partial charge in [0.15, 0.2) is 0 Å². The molecule has 3 aromatic carbocycles. The summed E-state index contributed by atoms with van der Waals surface area (Å²) in [6.07, 6.45) is 0.949. The van der Waals surface area contributed by atoms with Crippen LogP contribution in [0.2, 0.25) is 15.1 Å². The van der Waals surface area contributed by atoms with Crippen molar-refractivity contribution < 1.29 is 14.6 Å². The van der Waals surface area contributed by atoms with Crippen LogP contribution in [0, 0.1) is 0 Å². The van der Waals surface area contributed by atoms with Crippen molar-refractivity contribution in [3.05, 3.63) is 104 Å². The highest BCUT2D eigenvalue weighted by atomic mass is 35.5. The molecule has 1 aliphatic rings. The molecular formula is C28H28Cl3N3O3. The number of rotatable bonds is 9. The third-order valence-corrected chi connectivity index (χ3v) is 7.49. The van der Waals surface area contributed by atoms with Crippen molar-refractivity contribution in [3.63, 3.8) is 0 Å². The second-order valence-electron chi connectivity index (χ2n) is 9.31. The van der Waals surface area contributed by atoms with Crippen LogP contribution in [0.15, 0.2) is 66.4 Å². The number of aromatic carboxylic acids is 1. The third kappa shape index (κ3) is 5.99. The number of halogens is 3. The first-order chi connectivity index (χ1) is 17.6. The van der Waals surface area contributed by atoms with Gasteiger partial charge in [0, 0.05) is 16.6 Å². The molecule has 1 saturated carbocycles. The predicted molar refractivity (Wildman–Crippen MR) is 149 cm³/mol. The van der Waals surface area contributed by atoms with Gasteiger partial charge < -0.3 is 20.6 Å². The van der Waals surface area contributed by atoms with Gasteiger partial charge in [-0.1, -0.05) is 59.1 Å². The summed E-state index contributed by atoms with van der Waals surface area (Å²) in [6.45, 7) is 3.96. The van der Waals surface area contributed by atoms with Gasteiger partial charge in [-0.25, -0.2) is 10.6 Å². The molecule has 0 radical (unpaired) electrons. The van der Waals surface area contributed by atoms with Gasteiger partial charge in [-0.05, 0) is 79.6 Å². The van der Waals surface area contributed by atoms with E-state index >= 15 is 0 Å². The van der Waals surface area contributed by atoms with Gasteiger partial charge in [0.05, 0.1) is 27.0 Å². The van der Waals surface area contributed by atoms with E-state index in [0.717, 1.165) is 17.5 Å². The highest BCUT2D eigenvalue weighted by Gasteiger charge is 2.40. The lowest BCUT2D eigenvalue weighted by atomic mass is 10.0. The molecular weight excluding hydrogens is 533 g/mol. The number of hydrogen-bond donors (Lipinski definition) is 3. The summed E-state index contributed by atoms with van der Waals surface area (Å²) in [4.78, 5) is 11.1. The summed E-state index contributed by atoms with van der Waals surface area (Å²) < 4.78 is 6.06. The largest absolute Gasteiger partial charge is 0.487 e. The van der Waals surface area contributed by atoms with E-state index in [9.17, 15) is 4.79 Å². The maximum Gasteiger partial charge on any atom is 0.335 e. The second kappa shape index (κ2) is 11.2. The Balaban J connectivity index is 1.51. The first-order valence-electron chi connectivity index (χ1n) is 11.8. The smallest absolute Gasteiger partial charge is 0.335 e. The van der Waals surface area contributed by atoms with Crippen molar-refractivity contribution in [3.8, 4) is 5.75 Å². The minimum Gasteiger partial charge on any atom is -0.487 e. The molecule has 3 aromatic rings. The number of nitrogens with two attached hydrogens (primary N) is 2. The highest BCUT2D eigenvalue weighted by molar-refractivity contribution is 6.37. The molecule has 1 fully saturated rings. The summed E-state index contributed by atoms with van der Waals surface area (Å²) in [6, 6.07) is 17.8. The van der Waals surface area contributed by atoms with Crippen LogP contribution in [0.3, 0.4) is 0 Å². The zero-order chi connectivity index (χ0) is 26.9. The molecule has 0 spiro atoms. The SMILES string of the molecule is CC(C)N(N)/C(COc1ccc(C2CC2c2ccc(C(=O)O)cc2)c(Cl)c1)=C(\N)c1c(Cl)cccc1Cl. The van der Waals surface area contributed by atoms with Crippen molar-refractivity contribution in [2.24, 2.45) is 11.6 Å². The number of nitrogens with zero attached hydrogens (tertiary/aromatic N) is 1. The van der Waals surface area contributed by atoms with Crippen LogP contribution in [0.4, 0.5) is 0 Å². The van der Waals surface area contributed by atoms with E-state index in [1.807, 2.05) is 38.1 Å². The maximum absolute atomic E-state index is 11.1. The molecule has 0 saturated heterocycles. The Morgan fingerprint density at radius 3 is 2.24 bits per heavy atom. The van der Waals surface area contributed by atoms with Crippen molar-refractivity contribution in [1.29, 1.82) is 0 Å². The van der Waals surface area contributed by atoms with E-state index in [1.54, 1.807) is 36.4 Å². The summed E-state index contributed by atoms with van der Waals surface area (Å²) in [5.41, 5.74) is 10.3. The van der Waals surface area contributed by atoms with Crippen LogP contribution < -0.4 is 16.3 Å². The monoisotopic (exact) mass is 559 g/mol. The normalized spacial score (nSPS) is 17.4. The van der Waals surface area contributed by atoms with E-state index < -0.39 is 5.97 Å².